The molecule has 1 aliphatic rings. The molecular formula is C12H14N4O2. The zero-order valence-corrected chi connectivity index (χ0v) is 10.3. The molecule has 6 nitrogen and oxygen atoms in total. The third-order valence-corrected chi connectivity index (χ3v) is 2.86. The van der Waals surface area contributed by atoms with E-state index in [1.54, 1.807) is 6.92 Å². The minimum Gasteiger partial charge on any atom is -0.448 e. The van der Waals surface area contributed by atoms with Crippen molar-refractivity contribution in [2.24, 2.45) is 5.73 Å². The highest BCUT2D eigenvalue weighted by molar-refractivity contribution is 5.23. The van der Waals surface area contributed by atoms with Gasteiger partial charge in [-0.05, 0) is 26.7 Å². The van der Waals surface area contributed by atoms with Gasteiger partial charge in [-0.2, -0.15) is 5.26 Å². The van der Waals surface area contributed by atoms with Crippen molar-refractivity contribution < 1.29 is 8.83 Å². The fraction of sp³-hybridized carbons (Fsp3) is 0.417. The standard InChI is InChI=1S/C7H10N2O.C5H4N2O/c1-5-6(9-4-10-5)7(8)2-3-7;1-4-5(2-6)7-3-8-4/h4H,2-3,8H2,1H3;3H,1H3. The minimum atomic E-state index is -0.142. The molecule has 0 radical (unpaired) electrons. The molecule has 2 N–H and O–H groups in total. The average molecular weight is 246 g/mol. The Labute approximate surface area is 104 Å². The SMILES string of the molecule is Cc1ocnc1C#N.Cc1ocnc1C1(N)CC1. The third kappa shape index (κ3) is 2.41. The summed E-state index contributed by atoms with van der Waals surface area (Å²) in [7, 11) is 0. The van der Waals surface area contributed by atoms with Crippen LogP contribution in [0.5, 0.6) is 0 Å². The summed E-state index contributed by atoms with van der Waals surface area (Å²) in [5, 5.41) is 8.23. The van der Waals surface area contributed by atoms with E-state index in [1.807, 2.05) is 13.0 Å². The van der Waals surface area contributed by atoms with E-state index in [2.05, 4.69) is 9.97 Å². The molecule has 18 heavy (non-hydrogen) atoms. The molecule has 94 valence electrons. The summed E-state index contributed by atoms with van der Waals surface area (Å²) in [6.07, 6.45) is 4.80. The van der Waals surface area contributed by atoms with Crippen molar-refractivity contribution in [3.05, 3.63) is 35.7 Å². The zero-order chi connectivity index (χ0) is 13.2. The minimum absolute atomic E-state index is 0.142. The first-order valence-corrected chi connectivity index (χ1v) is 5.56. The molecule has 1 fully saturated rings. The van der Waals surface area contributed by atoms with Crippen molar-refractivity contribution in [3.8, 4) is 6.07 Å². The van der Waals surface area contributed by atoms with E-state index in [4.69, 9.17) is 19.8 Å². The van der Waals surface area contributed by atoms with Crippen molar-refractivity contribution in [1.29, 1.82) is 5.26 Å². The molecule has 0 amide bonds. The monoisotopic (exact) mass is 246 g/mol. The lowest BCUT2D eigenvalue weighted by Crippen LogP contribution is -2.20. The van der Waals surface area contributed by atoms with Crippen molar-refractivity contribution in [2.45, 2.75) is 32.2 Å². The molecule has 2 heterocycles. The summed E-state index contributed by atoms with van der Waals surface area (Å²) in [4.78, 5) is 7.66. The van der Waals surface area contributed by atoms with Crippen molar-refractivity contribution in [1.82, 2.24) is 9.97 Å². The molecule has 6 heteroatoms. The Morgan fingerprint density at radius 1 is 1.22 bits per heavy atom. The molecule has 0 spiro atoms. The van der Waals surface area contributed by atoms with E-state index in [-0.39, 0.29) is 5.54 Å². The summed E-state index contributed by atoms with van der Waals surface area (Å²) in [5.74, 6) is 1.44. The highest BCUT2D eigenvalue weighted by Gasteiger charge is 2.43. The number of hydrogen-bond acceptors (Lipinski definition) is 6. The zero-order valence-electron chi connectivity index (χ0n) is 10.3. The van der Waals surface area contributed by atoms with Gasteiger partial charge in [0.05, 0.1) is 5.54 Å². The van der Waals surface area contributed by atoms with Gasteiger partial charge >= 0.3 is 0 Å². The van der Waals surface area contributed by atoms with Crippen molar-refractivity contribution >= 4 is 0 Å². The number of aromatic nitrogens is 2. The smallest absolute Gasteiger partial charge is 0.182 e. The molecule has 1 saturated carbocycles. The second-order valence-corrected chi connectivity index (χ2v) is 4.28. The summed E-state index contributed by atoms with van der Waals surface area (Å²) < 4.78 is 9.76. The molecule has 0 bridgehead atoms. The van der Waals surface area contributed by atoms with Crippen LogP contribution < -0.4 is 5.73 Å². The lowest BCUT2D eigenvalue weighted by molar-refractivity contribution is 0.520. The van der Waals surface area contributed by atoms with Crippen LogP contribution in [0.2, 0.25) is 0 Å². The molecule has 0 aromatic carbocycles. The fourth-order valence-electron chi connectivity index (χ4n) is 1.57. The highest BCUT2D eigenvalue weighted by Crippen LogP contribution is 2.42. The summed E-state index contributed by atoms with van der Waals surface area (Å²) in [6, 6.07) is 1.87. The number of oxazole rings is 2. The summed E-state index contributed by atoms with van der Waals surface area (Å²) in [6.45, 7) is 3.60. The largest absolute Gasteiger partial charge is 0.448 e. The Morgan fingerprint density at radius 3 is 2.17 bits per heavy atom. The lowest BCUT2D eigenvalue weighted by Gasteiger charge is -2.02. The van der Waals surface area contributed by atoms with Gasteiger partial charge in [-0.3, -0.25) is 0 Å². The summed E-state index contributed by atoms with van der Waals surface area (Å²) in [5.41, 5.74) is 7.05. The van der Waals surface area contributed by atoms with Crippen LogP contribution in [-0.4, -0.2) is 9.97 Å². The third-order valence-electron chi connectivity index (χ3n) is 2.86. The highest BCUT2D eigenvalue weighted by atomic mass is 16.3. The molecule has 3 rings (SSSR count). The summed E-state index contributed by atoms with van der Waals surface area (Å²) >= 11 is 0. The molecule has 2 aromatic rings. The van der Waals surface area contributed by atoms with Gasteiger partial charge in [0, 0.05) is 0 Å². The van der Waals surface area contributed by atoms with Gasteiger partial charge in [0.2, 0.25) is 0 Å². The van der Waals surface area contributed by atoms with Crippen LogP contribution >= 0.6 is 0 Å². The van der Waals surface area contributed by atoms with Gasteiger partial charge in [0.25, 0.3) is 0 Å². The van der Waals surface area contributed by atoms with Crippen molar-refractivity contribution in [2.75, 3.05) is 0 Å². The van der Waals surface area contributed by atoms with E-state index in [1.165, 1.54) is 12.8 Å². The Bertz CT molecular complexity index is 575. The molecule has 0 saturated heterocycles. The van der Waals surface area contributed by atoms with Gasteiger partial charge in [-0.15, -0.1) is 0 Å². The molecule has 0 aliphatic heterocycles. The maximum atomic E-state index is 8.23. The quantitative estimate of drug-likeness (QED) is 0.822. The number of nitrogens with two attached hydrogens (primary N) is 1. The van der Waals surface area contributed by atoms with Crippen LogP contribution in [-0.2, 0) is 5.54 Å². The van der Waals surface area contributed by atoms with Gasteiger partial charge in [0.1, 0.15) is 23.3 Å². The van der Waals surface area contributed by atoms with Gasteiger partial charge < -0.3 is 14.6 Å². The van der Waals surface area contributed by atoms with E-state index >= 15 is 0 Å². The number of hydrogen-bond donors (Lipinski definition) is 1. The first-order valence-electron chi connectivity index (χ1n) is 5.56. The molecule has 1 aliphatic carbocycles. The Kier molecular flexibility index (Phi) is 3.17. The van der Waals surface area contributed by atoms with E-state index in [0.29, 0.717) is 11.5 Å². The van der Waals surface area contributed by atoms with Gasteiger partial charge in [-0.1, -0.05) is 0 Å². The number of nitrogens with zero attached hydrogens (tertiary/aromatic N) is 3. The van der Waals surface area contributed by atoms with Crippen LogP contribution in [0.25, 0.3) is 0 Å². The predicted octanol–water partition coefficient (Wildman–Crippen LogP) is 1.79. The second-order valence-electron chi connectivity index (χ2n) is 4.28. The van der Waals surface area contributed by atoms with Crippen LogP contribution in [0, 0.1) is 25.2 Å². The lowest BCUT2D eigenvalue weighted by atomic mass is 10.2. The molecule has 2 aromatic heterocycles. The van der Waals surface area contributed by atoms with Crippen molar-refractivity contribution in [3.63, 3.8) is 0 Å². The van der Waals surface area contributed by atoms with E-state index in [9.17, 15) is 0 Å². The maximum absolute atomic E-state index is 8.23. The first kappa shape index (κ1) is 12.3. The number of aryl methyl sites for hydroxylation is 2. The average Bonchev–Trinajstić information content (AvgIpc) is 2.78. The Hall–Kier alpha value is -2.13. The normalized spacial score (nSPS) is 15.4. The number of nitriles is 1. The Balaban J connectivity index is 0.000000138. The number of rotatable bonds is 1. The molecular weight excluding hydrogens is 232 g/mol. The molecule has 0 atom stereocenters. The maximum Gasteiger partial charge on any atom is 0.182 e. The van der Waals surface area contributed by atoms with Crippen LogP contribution in [0.1, 0.15) is 35.7 Å². The van der Waals surface area contributed by atoms with Gasteiger partial charge in [0.15, 0.2) is 18.5 Å². The Morgan fingerprint density at radius 2 is 1.83 bits per heavy atom. The second kappa shape index (κ2) is 4.63. The van der Waals surface area contributed by atoms with Gasteiger partial charge in [-0.25, -0.2) is 9.97 Å². The van der Waals surface area contributed by atoms with E-state index in [0.717, 1.165) is 24.3 Å². The topological polar surface area (TPSA) is 102 Å². The van der Waals surface area contributed by atoms with Crippen LogP contribution in [0.15, 0.2) is 21.6 Å². The molecule has 0 unspecified atom stereocenters. The fourth-order valence-corrected chi connectivity index (χ4v) is 1.57. The van der Waals surface area contributed by atoms with Crippen LogP contribution in [0.4, 0.5) is 0 Å². The predicted molar refractivity (Wildman–Crippen MR) is 62.3 cm³/mol. The van der Waals surface area contributed by atoms with E-state index < -0.39 is 0 Å². The first-order chi connectivity index (χ1) is 8.57. The van der Waals surface area contributed by atoms with Crippen LogP contribution in [0.3, 0.4) is 0 Å².